The van der Waals surface area contributed by atoms with Crippen molar-refractivity contribution in [1.82, 2.24) is 9.78 Å². The second-order valence-electron chi connectivity index (χ2n) is 6.97. The van der Waals surface area contributed by atoms with Gasteiger partial charge in [-0.2, -0.15) is 5.10 Å². The normalized spacial score (nSPS) is 10.5. The summed E-state index contributed by atoms with van der Waals surface area (Å²) >= 11 is 0. The predicted octanol–water partition coefficient (Wildman–Crippen LogP) is 3.45. The lowest BCUT2D eigenvalue weighted by Crippen LogP contribution is -2.21. The molecule has 3 rings (SSSR count). The minimum atomic E-state index is -0.696. The zero-order valence-corrected chi connectivity index (χ0v) is 18.9. The number of anilines is 1. The number of hydrogen-bond acceptors (Lipinski definition) is 7. The Morgan fingerprint density at radius 2 is 1.61 bits per heavy atom. The van der Waals surface area contributed by atoms with E-state index >= 15 is 0 Å². The van der Waals surface area contributed by atoms with Gasteiger partial charge in [0.2, 0.25) is 5.75 Å². The summed E-state index contributed by atoms with van der Waals surface area (Å²) in [5.41, 5.74) is 2.14. The van der Waals surface area contributed by atoms with Crippen LogP contribution in [0.2, 0.25) is 0 Å². The predicted molar refractivity (Wildman–Crippen MR) is 118 cm³/mol. The molecule has 10 heteroatoms. The molecule has 33 heavy (non-hydrogen) atoms. The molecule has 0 bridgehead atoms. The van der Waals surface area contributed by atoms with E-state index in [9.17, 15) is 14.0 Å². The van der Waals surface area contributed by atoms with E-state index in [-0.39, 0.29) is 11.4 Å². The Bertz CT molecular complexity index is 1150. The molecular weight excluding hydrogens is 433 g/mol. The van der Waals surface area contributed by atoms with Gasteiger partial charge in [0, 0.05) is 17.8 Å². The number of nitrogens with one attached hydrogen (secondary N) is 1. The van der Waals surface area contributed by atoms with E-state index in [0.717, 1.165) is 0 Å². The monoisotopic (exact) mass is 457 g/mol. The molecule has 1 N–H and O–H groups in total. The number of methoxy groups -OCH3 is 3. The molecule has 2 aromatic carbocycles. The summed E-state index contributed by atoms with van der Waals surface area (Å²) in [6, 6.07) is 8.82. The number of benzene rings is 2. The molecule has 0 aliphatic carbocycles. The van der Waals surface area contributed by atoms with Crippen molar-refractivity contribution in [3.63, 3.8) is 0 Å². The largest absolute Gasteiger partial charge is 0.493 e. The van der Waals surface area contributed by atoms with Crippen LogP contribution in [0.25, 0.3) is 5.69 Å². The number of amides is 1. The van der Waals surface area contributed by atoms with Crippen molar-refractivity contribution >= 4 is 17.6 Å². The van der Waals surface area contributed by atoms with E-state index in [4.69, 9.17) is 18.9 Å². The second-order valence-corrected chi connectivity index (χ2v) is 6.97. The lowest BCUT2D eigenvalue weighted by molar-refractivity contribution is -0.119. The maximum Gasteiger partial charge on any atom is 0.342 e. The molecule has 3 aromatic rings. The van der Waals surface area contributed by atoms with Crippen LogP contribution >= 0.6 is 0 Å². The number of aromatic nitrogens is 2. The Labute approximate surface area is 190 Å². The van der Waals surface area contributed by atoms with Crippen LogP contribution in [0.1, 0.15) is 21.7 Å². The third-order valence-electron chi connectivity index (χ3n) is 4.85. The Morgan fingerprint density at radius 1 is 1.00 bits per heavy atom. The van der Waals surface area contributed by atoms with Gasteiger partial charge in [0.25, 0.3) is 5.91 Å². The smallest absolute Gasteiger partial charge is 0.342 e. The standard InChI is InChI=1S/C23H24FN3O6/c1-13-21(14(2)27(26-13)17-8-6-15(24)7-9-17)23(29)33-12-20(28)25-16-10-18(30-3)22(32-5)19(11-16)31-4/h6-11H,12H2,1-5H3,(H,25,28). The average Bonchev–Trinajstić information content (AvgIpc) is 3.11. The Kier molecular flexibility index (Phi) is 7.17. The molecular formula is C23H24FN3O6. The second kappa shape index (κ2) is 10.0. The molecule has 9 nitrogen and oxygen atoms in total. The highest BCUT2D eigenvalue weighted by Crippen LogP contribution is 2.39. The topological polar surface area (TPSA) is 101 Å². The zero-order valence-electron chi connectivity index (χ0n) is 18.9. The fourth-order valence-electron chi connectivity index (χ4n) is 3.33. The summed E-state index contributed by atoms with van der Waals surface area (Å²) in [7, 11) is 4.39. The van der Waals surface area contributed by atoms with Crippen LogP contribution in [0, 0.1) is 19.7 Å². The highest BCUT2D eigenvalue weighted by molar-refractivity contribution is 5.97. The van der Waals surface area contributed by atoms with E-state index < -0.39 is 18.5 Å². The van der Waals surface area contributed by atoms with Crippen LogP contribution in [-0.4, -0.2) is 49.6 Å². The molecule has 0 spiro atoms. The summed E-state index contributed by atoms with van der Waals surface area (Å²) in [6.45, 7) is 2.83. The Hall–Kier alpha value is -4.08. The van der Waals surface area contributed by atoms with Crippen molar-refractivity contribution < 1.29 is 32.9 Å². The molecule has 0 aliphatic rings. The SMILES string of the molecule is COc1cc(NC(=O)COC(=O)c2c(C)nn(-c3ccc(F)cc3)c2C)cc(OC)c1OC. The third-order valence-corrected chi connectivity index (χ3v) is 4.85. The van der Waals surface area contributed by atoms with E-state index in [2.05, 4.69) is 10.4 Å². The molecule has 1 heterocycles. The summed E-state index contributed by atoms with van der Waals surface area (Å²) in [5, 5.41) is 6.96. The number of halogens is 1. The van der Waals surface area contributed by atoms with Gasteiger partial charge >= 0.3 is 5.97 Å². The maximum absolute atomic E-state index is 13.2. The summed E-state index contributed by atoms with van der Waals surface area (Å²) in [5.74, 6) is -0.518. The number of nitrogens with zero attached hydrogens (tertiary/aromatic N) is 2. The molecule has 0 fully saturated rings. The third kappa shape index (κ3) is 5.05. The van der Waals surface area contributed by atoms with Gasteiger partial charge in [-0.15, -0.1) is 0 Å². The van der Waals surface area contributed by atoms with Crippen molar-refractivity contribution in [3.05, 3.63) is 59.2 Å². The molecule has 1 amide bonds. The molecule has 0 aliphatic heterocycles. The van der Waals surface area contributed by atoms with Crippen LogP contribution in [0.4, 0.5) is 10.1 Å². The van der Waals surface area contributed by atoms with Crippen molar-refractivity contribution in [2.75, 3.05) is 33.3 Å². The van der Waals surface area contributed by atoms with Crippen molar-refractivity contribution in [2.24, 2.45) is 0 Å². The number of aryl methyl sites for hydroxylation is 1. The Morgan fingerprint density at radius 3 is 2.15 bits per heavy atom. The van der Waals surface area contributed by atoms with Gasteiger partial charge in [-0.1, -0.05) is 0 Å². The summed E-state index contributed by atoms with van der Waals surface area (Å²) in [4.78, 5) is 25.0. The number of rotatable bonds is 8. The van der Waals surface area contributed by atoms with Gasteiger partial charge in [-0.3, -0.25) is 4.79 Å². The zero-order chi connectivity index (χ0) is 24.1. The molecule has 0 atom stereocenters. The molecule has 0 saturated carbocycles. The van der Waals surface area contributed by atoms with Crippen molar-refractivity contribution in [2.45, 2.75) is 13.8 Å². The van der Waals surface area contributed by atoms with E-state index in [1.54, 1.807) is 38.1 Å². The summed E-state index contributed by atoms with van der Waals surface area (Å²) < 4.78 is 35.7. The fraction of sp³-hybridized carbons (Fsp3) is 0.261. The van der Waals surface area contributed by atoms with Crippen LogP contribution in [-0.2, 0) is 9.53 Å². The average molecular weight is 457 g/mol. The van der Waals surface area contributed by atoms with Gasteiger partial charge in [0.1, 0.15) is 11.4 Å². The minimum absolute atomic E-state index is 0.236. The first-order valence-corrected chi connectivity index (χ1v) is 9.88. The van der Waals surface area contributed by atoms with Crippen molar-refractivity contribution in [3.8, 4) is 22.9 Å². The van der Waals surface area contributed by atoms with Crippen molar-refractivity contribution in [1.29, 1.82) is 0 Å². The van der Waals surface area contributed by atoms with Crippen LogP contribution in [0.5, 0.6) is 17.2 Å². The first kappa shape index (κ1) is 23.6. The van der Waals surface area contributed by atoms with Gasteiger partial charge in [0.15, 0.2) is 18.1 Å². The van der Waals surface area contributed by atoms with Crippen LogP contribution in [0.3, 0.4) is 0 Å². The van der Waals surface area contributed by atoms with Gasteiger partial charge in [0.05, 0.1) is 38.4 Å². The number of carbonyl (C=O) groups is 2. The Balaban J connectivity index is 1.70. The van der Waals surface area contributed by atoms with E-state index in [1.165, 1.54) is 38.1 Å². The molecule has 174 valence electrons. The maximum atomic E-state index is 13.2. The van der Waals surface area contributed by atoms with Gasteiger partial charge in [-0.25, -0.2) is 13.9 Å². The van der Waals surface area contributed by atoms with Gasteiger partial charge < -0.3 is 24.3 Å². The van der Waals surface area contributed by atoms with E-state index in [1.807, 2.05) is 0 Å². The fourth-order valence-corrected chi connectivity index (χ4v) is 3.33. The summed E-state index contributed by atoms with van der Waals surface area (Å²) in [6.07, 6.45) is 0. The quantitative estimate of drug-likeness (QED) is 0.517. The lowest BCUT2D eigenvalue weighted by Gasteiger charge is -2.14. The first-order valence-electron chi connectivity index (χ1n) is 9.88. The molecule has 0 unspecified atom stereocenters. The number of hydrogen-bond donors (Lipinski definition) is 1. The van der Waals surface area contributed by atoms with Crippen LogP contribution < -0.4 is 19.5 Å². The molecule has 1 aromatic heterocycles. The number of esters is 1. The minimum Gasteiger partial charge on any atom is -0.493 e. The number of ether oxygens (including phenoxy) is 4. The number of carbonyl (C=O) groups excluding carboxylic acids is 2. The highest BCUT2D eigenvalue weighted by atomic mass is 19.1. The molecule has 0 saturated heterocycles. The highest BCUT2D eigenvalue weighted by Gasteiger charge is 2.22. The molecule has 0 radical (unpaired) electrons. The van der Waals surface area contributed by atoms with Crippen LogP contribution in [0.15, 0.2) is 36.4 Å². The van der Waals surface area contributed by atoms with E-state index in [0.29, 0.717) is 40.0 Å². The first-order chi connectivity index (χ1) is 15.8. The lowest BCUT2D eigenvalue weighted by atomic mass is 10.2. The van der Waals surface area contributed by atoms with Gasteiger partial charge in [-0.05, 0) is 38.1 Å².